The Bertz CT molecular complexity index is 673. The molecule has 21 heavy (non-hydrogen) atoms. The fraction of sp³-hybridized carbons (Fsp3) is 0.133. The first kappa shape index (κ1) is 15.3. The lowest BCUT2D eigenvalue weighted by Crippen LogP contribution is -2.01. The number of rotatable bonds is 5. The van der Waals surface area contributed by atoms with E-state index in [1.54, 1.807) is 19.2 Å². The lowest BCUT2D eigenvalue weighted by atomic mass is 10.2. The molecule has 0 aliphatic rings. The Morgan fingerprint density at radius 1 is 1.24 bits per heavy atom. The maximum Gasteiger partial charge on any atom is 0.335 e. The van der Waals surface area contributed by atoms with Gasteiger partial charge in [0.25, 0.3) is 0 Å². The summed E-state index contributed by atoms with van der Waals surface area (Å²) in [6.45, 7) is 0.153. The first-order chi connectivity index (χ1) is 9.99. The van der Waals surface area contributed by atoms with Gasteiger partial charge < -0.3 is 14.6 Å². The standard InChI is InChI=1S/C15H12BrFO4/c1-20-12-2-3-14(16)10(6-12)8-21-13-5-9(15(18)19)4-11(17)7-13/h2-7H,8H2,1H3,(H,18,19). The largest absolute Gasteiger partial charge is 0.497 e. The predicted molar refractivity (Wildman–Crippen MR) is 78.4 cm³/mol. The molecule has 0 fully saturated rings. The van der Waals surface area contributed by atoms with Crippen LogP contribution in [-0.4, -0.2) is 18.2 Å². The normalized spacial score (nSPS) is 10.2. The third kappa shape index (κ3) is 3.95. The van der Waals surface area contributed by atoms with E-state index in [0.717, 1.165) is 22.2 Å². The minimum atomic E-state index is -1.21. The van der Waals surface area contributed by atoms with Gasteiger partial charge in [0, 0.05) is 16.1 Å². The van der Waals surface area contributed by atoms with Gasteiger partial charge in [0.15, 0.2) is 0 Å². The minimum absolute atomic E-state index is 0.153. The minimum Gasteiger partial charge on any atom is -0.497 e. The van der Waals surface area contributed by atoms with Gasteiger partial charge in [0.05, 0.1) is 12.7 Å². The van der Waals surface area contributed by atoms with Crippen molar-refractivity contribution in [1.82, 2.24) is 0 Å². The molecule has 110 valence electrons. The smallest absolute Gasteiger partial charge is 0.335 e. The van der Waals surface area contributed by atoms with E-state index < -0.39 is 11.8 Å². The highest BCUT2D eigenvalue weighted by Crippen LogP contribution is 2.25. The second-order valence-electron chi connectivity index (χ2n) is 4.23. The van der Waals surface area contributed by atoms with Crippen molar-refractivity contribution in [2.24, 2.45) is 0 Å². The first-order valence-corrected chi connectivity index (χ1v) is 6.78. The van der Waals surface area contributed by atoms with Gasteiger partial charge in [-0.2, -0.15) is 0 Å². The molecular formula is C15H12BrFO4. The van der Waals surface area contributed by atoms with E-state index in [0.29, 0.717) is 5.75 Å². The molecule has 4 nitrogen and oxygen atoms in total. The van der Waals surface area contributed by atoms with E-state index in [1.165, 1.54) is 6.07 Å². The van der Waals surface area contributed by atoms with Gasteiger partial charge in [0.2, 0.25) is 0 Å². The average molecular weight is 355 g/mol. The Labute approximate surface area is 129 Å². The van der Waals surface area contributed by atoms with Crippen LogP contribution >= 0.6 is 15.9 Å². The molecule has 0 aliphatic carbocycles. The van der Waals surface area contributed by atoms with Gasteiger partial charge in [0.1, 0.15) is 23.9 Å². The van der Waals surface area contributed by atoms with Crippen molar-refractivity contribution in [3.8, 4) is 11.5 Å². The Morgan fingerprint density at radius 2 is 2.00 bits per heavy atom. The van der Waals surface area contributed by atoms with Gasteiger partial charge >= 0.3 is 5.97 Å². The molecule has 0 saturated carbocycles. The number of ether oxygens (including phenoxy) is 2. The fourth-order valence-electron chi connectivity index (χ4n) is 1.72. The molecule has 0 saturated heterocycles. The van der Waals surface area contributed by atoms with Crippen LogP contribution in [0, 0.1) is 5.82 Å². The summed E-state index contributed by atoms with van der Waals surface area (Å²) in [7, 11) is 1.56. The SMILES string of the molecule is COc1ccc(Br)c(COc2cc(F)cc(C(=O)O)c2)c1. The van der Waals surface area contributed by atoms with E-state index in [1.807, 2.05) is 6.07 Å². The topological polar surface area (TPSA) is 55.8 Å². The van der Waals surface area contributed by atoms with E-state index in [9.17, 15) is 9.18 Å². The van der Waals surface area contributed by atoms with Crippen LogP contribution < -0.4 is 9.47 Å². The van der Waals surface area contributed by atoms with E-state index >= 15 is 0 Å². The summed E-state index contributed by atoms with van der Waals surface area (Å²) in [5.41, 5.74) is 0.644. The number of hydrogen-bond acceptors (Lipinski definition) is 3. The molecule has 0 aliphatic heterocycles. The molecule has 0 heterocycles. The summed E-state index contributed by atoms with van der Waals surface area (Å²) in [6, 6.07) is 8.74. The highest BCUT2D eigenvalue weighted by molar-refractivity contribution is 9.10. The van der Waals surface area contributed by atoms with E-state index in [4.69, 9.17) is 14.6 Å². The second kappa shape index (κ2) is 6.58. The van der Waals surface area contributed by atoms with Gasteiger partial charge in [-0.25, -0.2) is 9.18 Å². The number of carboxylic acids is 1. The summed E-state index contributed by atoms with van der Waals surface area (Å²) in [6.07, 6.45) is 0. The molecule has 0 atom stereocenters. The number of methoxy groups -OCH3 is 1. The molecule has 0 radical (unpaired) electrons. The van der Waals surface area contributed by atoms with Crippen molar-refractivity contribution < 1.29 is 23.8 Å². The van der Waals surface area contributed by atoms with Gasteiger partial charge in [-0.1, -0.05) is 15.9 Å². The van der Waals surface area contributed by atoms with Crippen LogP contribution in [0.5, 0.6) is 11.5 Å². The van der Waals surface area contributed by atoms with Crippen LogP contribution in [0.4, 0.5) is 4.39 Å². The Balaban J connectivity index is 2.18. The Hall–Kier alpha value is -2.08. The zero-order chi connectivity index (χ0) is 15.4. The highest BCUT2D eigenvalue weighted by Gasteiger charge is 2.09. The lowest BCUT2D eigenvalue weighted by molar-refractivity contribution is 0.0695. The first-order valence-electron chi connectivity index (χ1n) is 5.98. The number of halogens is 2. The van der Waals surface area contributed by atoms with Crippen molar-refractivity contribution in [2.45, 2.75) is 6.61 Å². The second-order valence-corrected chi connectivity index (χ2v) is 5.08. The predicted octanol–water partition coefficient (Wildman–Crippen LogP) is 3.87. The highest BCUT2D eigenvalue weighted by atomic mass is 79.9. The van der Waals surface area contributed by atoms with Crippen LogP contribution in [0.2, 0.25) is 0 Å². The van der Waals surface area contributed by atoms with Crippen LogP contribution in [0.1, 0.15) is 15.9 Å². The number of carbonyl (C=O) groups is 1. The fourth-order valence-corrected chi connectivity index (χ4v) is 2.08. The Morgan fingerprint density at radius 3 is 2.67 bits per heavy atom. The van der Waals surface area contributed by atoms with Gasteiger partial charge in [-0.05, 0) is 30.3 Å². The summed E-state index contributed by atoms with van der Waals surface area (Å²) in [5, 5.41) is 8.89. The number of hydrogen-bond donors (Lipinski definition) is 1. The maximum atomic E-state index is 13.3. The molecule has 2 aromatic rings. The van der Waals surface area contributed by atoms with Crippen LogP contribution in [0.25, 0.3) is 0 Å². The molecule has 0 amide bonds. The van der Waals surface area contributed by atoms with Crippen LogP contribution in [0.3, 0.4) is 0 Å². The molecule has 0 bridgehead atoms. The molecular weight excluding hydrogens is 343 g/mol. The van der Waals surface area contributed by atoms with Gasteiger partial charge in [-0.15, -0.1) is 0 Å². The van der Waals surface area contributed by atoms with Crippen molar-refractivity contribution in [1.29, 1.82) is 0 Å². The zero-order valence-electron chi connectivity index (χ0n) is 11.1. The third-order valence-electron chi connectivity index (χ3n) is 2.77. The van der Waals surface area contributed by atoms with Crippen molar-refractivity contribution in [2.75, 3.05) is 7.11 Å². The quantitative estimate of drug-likeness (QED) is 0.885. The molecule has 6 heteroatoms. The summed E-state index contributed by atoms with van der Waals surface area (Å²) < 4.78 is 24.7. The molecule has 0 unspecified atom stereocenters. The molecule has 0 aromatic heterocycles. The van der Waals surface area contributed by atoms with E-state index in [-0.39, 0.29) is 17.9 Å². The van der Waals surface area contributed by atoms with Crippen LogP contribution in [-0.2, 0) is 6.61 Å². The number of carboxylic acid groups (broad SMARTS) is 1. The Kier molecular flexibility index (Phi) is 4.80. The number of benzene rings is 2. The zero-order valence-corrected chi connectivity index (χ0v) is 12.7. The lowest BCUT2D eigenvalue weighted by Gasteiger charge is -2.10. The third-order valence-corrected chi connectivity index (χ3v) is 3.54. The van der Waals surface area contributed by atoms with Crippen molar-refractivity contribution in [3.63, 3.8) is 0 Å². The van der Waals surface area contributed by atoms with Crippen molar-refractivity contribution >= 4 is 21.9 Å². The maximum absolute atomic E-state index is 13.3. The molecule has 2 aromatic carbocycles. The van der Waals surface area contributed by atoms with Crippen molar-refractivity contribution in [3.05, 3.63) is 57.8 Å². The average Bonchev–Trinajstić information content (AvgIpc) is 2.46. The van der Waals surface area contributed by atoms with Gasteiger partial charge in [-0.3, -0.25) is 0 Å². The monoisotopic (exact) mass is 354 g/mol. The molecule has 0 spiro atoms. The van der Waals surface area contributed by atoms with E-state index in [2.05, 4.69) is 15.9 Å². The number of aromatic carboxylic acids is 1. The molecule has 2 rings (SSSR count). The summed E-state index contributed by atoms with van der Waals surface area (Å²) in [5.74, 6) is -1.04. The molecule has 1 N–H and O–H groups in total. The summed E-state index contributed by atoms with van der Waals surface area (Å²) >= 11 is 3.38. The van der Waals surface area contributed by atoms with Crippen LogP contribution in [0.15, 0.2) is 40.9 Å². The summed E-state index contributed by atoms with van der Waals surface area (Å²) in [4.78, 5) is 10.9.